The van der Waals surface area contributed by atoms with Crippen LogP contribution >= 0.6 is 27.3 Å². The minimum Gasteiger partial charge on any atom is -0.369 e. The molecule has 1 unspecified atom stereocenters. The highest BCUT2D eigenvalue weighted by Crippen LogP contribution is 2.42. The molecule has 7 heteroatoms. The largest absolute Gasteiger partial charge is 0.369 e. The van der Waals surface area contributed by atoms with Gasteiger partial charge in [-0.1, -0.05) is 28.1 Å². The van der Waals surface area contributed by atoms with Gasteiger partial charge < -0.3 is 5.73 Å². The molecule has 23 heavy (non-hydrogen) atoms. The van der Waals surface area contributed by atoms with Crippen LogP contribution in [0.3, 0.4) is 0 Å². The van der Waals surface area contributed by atoms with Crippen LogP contribution < -0.4 is 5.73 Å². The molecule has 0 aliphatic carbocycles. The number of hydrogen-bond acceptors (Lipinski definition) is 6. The molecular weight excluding hydrogens is 374 g/mol. The Bertz CT molecular complexity index is 827. The molecule has 0 fully saturated rings. The van der Waals surface area contributed by atoms with E-state index in [4.69, 9.17) is 20.7 Å². The number of thiazole rings is 1. The van der Waals surface area contributed by atoms with Gasteiger partial charge in [-0.15, -0.1) is 11.3 Å². The predicted molar refractivity (Wildman–Crippen MR) is 97.0 cm³/mol. The summed E-state index contributed by atoms with van der Waals surface area (Å²) in [7, 11) is 0. The van der Waals surface area contributed by atoms with E-state index in [0.29, 0.717) is 5.96 Å². The van der Waals surface area contributed by atoms with Crippen LogP contribution in [0, 0.1) is 6.92 Å². The van der Waals surface area contributed by atoms with E-state index in [1.54, 1.807) is 11.3 Å². The summed E-state index contributed by atoms with van der Waals surface area (Å²) < 4.78 is 1.00. The summed E-state index contributed by atoms with van der Waals surface area (Å²) in [5.41, 5.74) is 7.43. The summed E-state index contributed by atoms with van der Waals surface area (Å²) in [5, 5.41) is 3.08. The van der Waals surface area contributed by atoms with Crippen LogP contribution in [0.15, 0.2) is 44.1 Å². The maximum atomic E-state index is 6.24. The second kappa shape index (κ2) is 5.42. The van der Waals surface area contributed by atoms with Crippen molar-refractivity contribution < 1.29 is 0 Å². The smallest absolute Gasteiger partial charge is 0.198 e. The molecule has 2 aliphatic rings. The first-order valence-electron chi connectivity index (χ1n) is 7.48. The molecule has 0 bridgehead atoms. The van der Waals surface area contributed by atoms with Gasteiger partial charge in [0.15, 0.2) is 11.5 Å². The number of halogens is 1. The van der Waals surface area contributed by atoms with E-state index in [-0.39, 0.29) is 0 Å². The third-order valence-electron chi connectivity index (χ3n) is 4.17. The number of nitrogens with zero attached hydrogens (tertiary/aromatic N) is 4. The van der Waals surface area contributed by atoms with Crippen LogP contribution in [0.25, 0.3) is 0 Å². The summed E-state index contributed by atoms with van der Waals surface area (Å²) in [6.07, 6.45) is 0.990. The van der Waals surface area contributed by atoms with Gasteiger partial charge in [0.05, 0.1) is 10.7 Å². The molecule has 118 valence electrons. The minimum absolute atomic E-state index is 0.522. The zero-order chi connectivity index (χ0) is 16.0. The monoisotopic (exact) mass is 389 g/mol. The van der Waals surface area contributed by atoms with Gasteiger partial charge in [-0.05, 0) is 31.0 Å². The fourth-order valence-electron chi connectivity index (χ4n) is 3.18. The lowest BCUT2D eigenvalue weighted by molar-refractivity contribution is 0.529. The van der Waals surface area contributed by atoms with E-state index < -0.39 is 5.54 Å². The number of rotatable bonds is 2. The normalized spacial score (nSPS) is 23.5. The van der Waals surface area contributed by atoms with Gasteiger partial charge in [0.2, 0.25) is 0 Å². The Kier molecular flexibility index (Phi) is 3.50. The van der Waals surface area contributed by atoms with E-state index in [1.807, 2.05) is 24.0 Å². The molecule has 2 N–H and O–H groups in total. The van der Waals surface area contributed by atoms with Gasteiger partial charge >= 0.3 is 0 Å². The van der Waals surface area contributed by atoms with Crippen molar-refractivity contribution in [2.75, 3.05) is 13.1 Å². The van der Waals surface area contributed by atoms with Gasteiger partial charge in [0.1, 0.15) is 5.84 Å². The summed E-state index contributed by atoms with van der Waals surface area (Å²) in [6, 6.07) is 8.16. The van der Waals surface area contributed by atoms with Crippen molar-refractivity contribution in [2.24, 2.45) is 15.7 Å². The Hall–Kier alpha value is -1.73. The number of hydrogen-bond donors (Lipinski definition) is 1. The highest BCUT2D eigenvalue weighted by atomic mass is 79.9. The third kappa shape index (κ3) is 2.21. The van der Waals surface area contributed by atoms with Gasteiger partial charge in [-0.3, -0.25) is 9.89 Å². The van der Waals surface area contributed by atoms with Crippen LogP contribution in [0.2, 0.25) is 0 Å². The molecule has 0 spiro atoms. The maximum Gasteiger partial charge on any atom is 0.198 e. The molecule has 1 atom stereocenters. The van der Waals surface area contributed by atoms with Crippen LogP contribution in [0.1, 0.15) is 22.7 Å². The summed E-state index contributed by atoms with van der Waals surface area (Å²) in [5.74, 6) is 1.42. The average Bonchev–Trinajstić information content (AvgIpc) is 3.11. The molecule has 0 radical (unpaired) electrons. The molecule has 5 nitrogen and oxygen atoms in total. The summed E-state index contributed by atoms with van der Waals surface area (Å²) in [4.78, 5) is 16.4. The minimum atomic E-state index is -0.737. The molecule has 2 aliphatic heterocycles. The zero-order valence-electron chi connectivity index (χ0n) is 12.7. The lowest BCUT2D eigenvalue weighted by Crippen LogP contribution is -2.46. The van der Waals surface area contributed by atoms with E-state index in [9.17, 15) is 0 Å². The number of fused-ring (bicyclic) bond motifs is 1. The van der Waals surface area contributed by atoms with Crippen LogP contribution in [0.4, 0.5) is 0 Å². The van der Waals surface area contributed by atoms with Crippen LogP contribution in [-0.2, 0) is 5.54 Å². The lowest BCUT2D eigenvalue weighted by atomic mass is 9.86. The Morgan fingerprint density at radius 3 is 3.00 bits per heavy atom. The zero-order valence-corrected chi connectivity index (χ0v) is 15.1. The molecule has 2 aromatic rings. The number of benzene rings is 1. The number of guanidine groups is 1. The fourth-order valence-corrected chi connectivity index (χ4v) is 4.23. The van der Waals surface area contributed by atoms with Crippen molar-refractivity contribution in [3.8, 4) is 0 Å². The Balaban J connectivity index is 2.01. The standard InChI is InChI=1S/C16H16BrN5S/c1-10-20-13(9-23-10)16(11-4-2-5-12(17)8-11)14-19-6-3-7-22(14)15(18)21-16/h2,4-5,8-9H,3,6-7H2,1H3,(H2,18,21). The number of nitrogens with two attached hydrogens (primary N) is 1. The van der Waals surface area contributed by atoms with Crippen molar-refractivity contribution in [3.63, 3.8) is 0 Å². The Labute approximate surface area is 147 Å². The second-order valence-electron chi connectivity index (χ2n) is 5.65. The van der Waals surface area contributed by atoms with Crippen molar-refractivity contribution in [1.29, 1.82) is 0 Å². The molecule has 0 saturated carbocycles. The molecule has 0 saturated heterocycles. The van der Waals surface area contributed by atoms with E-state index in [1.165, 1.54) is 0 Å². The third-order valence-corrected chi connectivity index (χ3v) is 5.44. The molecule has 0 amide bonds. The van der Waals surface area contributed by atoms with Crippen LogP contribution in [-0.4, -0.2) is 34.8 Å². The Morgan fingerprint density at radius 1 is 1.39 bits per heavy atom. The lowest BCUT2D eigenvalue weighted by Gasteiger charge is -2.31. The summed E-state index contributed by atoms with van der Waals surface area (Å²) >= 11 is 5.19. The quantitative estimate of drug-likeness (QED) is 0.858. The van der Waals surface area contributed by atoms with E-state index in [0.717, 1.165) is 46.1 Å². The summed E-state index contributed by atoms with van der Waals surface area (Å²) in [6.45, 7) is 3.66. The average molecular weight is 390 g/mol. The predicted octanol–water partition coefficient (Wildman–Crippen LogP) is 2.89. The molecule has 1 aromatic heterocycles. The van der Waals surface area contributed by atoms with E-state index in [2.05, 4.69) is 33.4 Å². The van der Waals surface area contributed by atoms with Gasteiger partial charge in [0, 0.05) is 22.9 Å². The first kappa shape index (κ1) is 14.8. The van der Waals surface area contributed by atoms with Crippen molar-refractivity contribution in [1.82, 2.24) is 9.88 Å². The van der Waals surface area contributed by atoms with E-state index >= 15 is 0 Å². The van der Waals surface area contributed by atoms with Crippen molar-refractivity contribution >= 4 is 39.1 Å². The number of aryl methyl sites for hydroxylation is 1. The first-order chi connectivity index (χ1) is 11.1. The maximum absolute atomic E-state index is 6.24. The first-order valence-corrected chi connectivity index (χ1v) is 9.15. The number of amidine groups is 1. The van der Waals surface area contributed by atoms with Gasteiger partial charge in [-0.2, -0.15) is 0 Å². The second-order valence-corrected chi connectivity index (χ2v) is 7.63. The van der Waals surface area contributed by atoms with Gasteiger partial charge in [0.25, 0.3) is 0 Å². The fraction of sp³-hybridized carbons (Fsp3) is 0.312. The van der Waals surface area contributed by atoms with Gasteiger partial charge in [-0.25, -0.2) is 9.98 Å². The highest BCUT2D eigenvalue weighted by molar-refractivity contribution is 9.10. The molecule has 1 aromatic carbocycles. The molecule has 4 rings (SSSR count). The number of aliphatic imine (C=N–C) groups is 2. The molecule has 3 heterocycles. The topological polar surface area (TPSA) is 66.9 Å². The SMILES string of the molecule is Cc1nc(C2(c3cccc(Br)c3)N=C(N)N3CCCN=C32)cs1. The van der Waals surface area contributed by atoms with Crippen LogP contribution in [0.5, 0.6) is 0 Å². The molecular formula is C16H16BrN5S. The number of aromatic nitrogens is 1. The highest BCUT2D eigenvalue weighted by Gasteiger charge is 2.50. The van der Waals surface area contributed by atoms with Crippen molar-refractivity contribution in [3.05, 3.63) is 50.4 Å². The van der Waals surface area contributed by atoms with Crippen molar-refractivity contribution in [2.45, 2.75) is 18.9 Å². The Morgan fingerprint density at radius 2 is 2.26 bits per heavy atom.